The maximum absolute atomic E-state index is 12.5. The van der Waals surface area contributed by atoms with E-state index >= 15 is 0 Å². The molecule has 3 heterocycles. The molecule has 7 heteroatoms. The SMILES string of the molecule is CC(=O)c1c(C)nn(CC(=O)N[C@@H]2CCCN(Cc3cccnc3)C2)c1C. The first kappa shape index (κ1) is 19.2. The highest BCUT2D eigenvalue weighted by Crippen LogP contribution is 2.15. The van der Waals surface area contributed by atoms with Gasteiger partial charge in [0.15, 0.2) is 5.78 Å². The van der Waals surface area contributed by atoms with Gasteiger partial charge >= 0.3 is 0 Å². The van der Waals surface area contributed by atoms with Crippen LogP contribution in [0.3, 0.4) is 0 Å². The molecule has 0 radical (unpaired) electrons. The maximum Gasteiger partial charge on any atom is 0.242 e. The second-order valence-corrected chi connectivity index (χ2v) is 7.26. The van der Waals surface area contributed by atoms with Crippen molar-refractivity contribution in [1.82, 2.24) is 25.0 Å². The van der Waals surface area contributed by atoms with E-state index in [-0.39, 0.29) is 24.3 Å². The molecule has 27 heavy (non-hydrogen) atoms. The number of hydrogen-bond acceptors (Lipinski definition) is 5. The Labute approximate surface area is 159 Å². The predicted molar refractivity (Wildman–Crippen MR) is 102 cm³/mol. The van der Waals surface area contributed by atoms with E-state index in [4.69, 9.17) is 0 Å². The standard InChI is InChI=1S/C20H27N5O2/c1-14-20(16(3)26)15(2)25(23-14)13-19(27)22-18-7-5-9-24(12-18)11-17-6-4-8-21-10-17/h4,6,8,10,18H,5,7,9,11-13H2,1-3H3,(H,22,27)/t18-/m1/s1. The highest BCUT2D eigenvalue weighted by molar-refractivity contribution is 5.96. The van der Waals surface area contributed by atoms with E-state index in [2.05, 4.69) is 26.4 Å². The van der Waals surface area contributed by atoms with E-state index in [0.29, 0.717) is 11.3 Å². The van der Waals surface area contributed by atoms with Gasteiger partial charge in [0.05, 0.1) is 11.3 Å². The molecule has 1 aliphatic rings. The molecule has 0 aliphatic carbocycles. The van der Waals surface area contributed by atoms with Gasteiger partial charge in [-0.25, -0.2) is 0 Å². The summed E-state index contributed by atoms with van der Waals surface area (Å²) in [6, 6.07) is 4.15. The van der Waals surface area contributed by atoms with Crippen LogP contribution < -0.4 is 5.32 Å². The molecule has 1 amide bonds. The van der Waals surface area contributed by atoms with Crippen molar-refractivity contribution >= 4 is 11.7 Å². The van der Waals surface area contributed by atoms with E-state index in [1.807, 2.05) is 19.2 Å². The molecule has 0 aromatic carbocycles. The van der Waals surface area contributed by atoms with Crippen LogP contribution in [-0.2, 0) is 17.9 Å². The summed E-state index contributed by atoms with van der Waals surface area (Å²) in [5.41, 5.74) is 3.22. The van der Waals surface area contributed by atoms with E-state index in [0.717, 1.165) is 38.2 Å². The molecule has 0 bridgehead atoms. The van der Waals surface area contributed by atoms with E-state index in [9.17, 15) is 9.59 Å². The van der Waals surface area contributed by atoms with Crippen molar-refractivity contribution in [2.75, 3.05) is 13.1 Å². The third-order valence-electron chi connectivity index (χ3n) is 5.03. The number of nitrogens with zero attached hydrogens (tertiary/aromatic N) is 4. The van der Waals surface area contributed by atoms with Crippen LogP contribution in [0.1, 0.15) is 47.1 Å². The second-order valence-electron chi connectivity index (χ2n) is 7.26. The molecular formula is C20H27N5O2. The molecule has 1 N–H and O–H groups in total. The number of aromatic nitrogens is 3. The van der Waals surface area contributed by atoms with Crippen molar-refractivity contribution in [3.8, 4) is 0 Å². The molecule has 144 valence electrons. The number of amides is 1. The molecule has 3 rings (SSSR count). The molecule has 0 unspecified atom stereocenters. The molecule has 2 aromatic heterocycles. The highest BCUT2D eigenvalue weighted by atomic mass is 16.2. The Morgan fingerprint density at radius 2 is 2.15 bits per heavy atom. The molecule has 2 aromatic rings. The van der Waals surface area contributed by atoms with Crippen molar-refractivity contribution in [2.45, 2.75) is 52.7 Å². The summed E-state index contributed by atoms with van der Waals surface area (Å²) in [5.74, 6) is -0.0843. The number of likely N-dealkylation sites (tertiary alicyclic amines) is 1. The van der Waals surface area contributed by atoms with Crippen LogP contribution in [-0.4, -0.2) is 50.5 Å². The van der Waals surface area contributed by atoms with E-state index in [1.54, 1.807) is 17.8 Å². The number of aryl methyl sites for hydroxylation is 1. The first-order valence-electron chi connectivity index (χ1n) is 9.39. The summed E-state index contributed by atoms with van der Waals surface area (Å²) in [7, 11) is 0. The molecular weight excluding hydrogens is 342 g/mol. The zero-order chi connectivity index (χ0) is 19.4. The van der Waals surface area contributed by atoms with Crippen molar-refractivity contribution in [2.24, 2.45) is 0 Å². The molecule has 1 saturated heterocycles. The number of nitrogens with one attached hydrogen (secondary N) is 1. The third-order valence-corrected chi connectivity index (χ3v) is 5.03. The van der Waals surface area contributed by atoms with Crippen LogP contribution >= 0.6 is 0 Å². The van der Waals surface area contributed by atoms with E-state index < -0.39 is 0 Å². The normalized spacial score (nSPS) is 17.7. The van der Waals surface area contributed by atoms with Crippen molar-refractivity contribution < 1.29 is 9.59 Å². The van der Waals surface area contributed by atoms with Crippen molar-refractivity contribution in [3.05, 3.63) is 47.0 Å². The quantitative estimate of drug-likeness (QED) is 0.787. The first-order valence-corrected chi connectivity index (χ1v) is 9.39. The molecule has 7 nitrogen and oxygen atoms in total. The van der Waals surface area contributed by atoms with Crippen LogP contribution in [0.25, 0.3) is 0 Å². The monoisotopic (exact) mass is 369 g/mol. The zero-order valence-corrected chi connectivity index (χ0v) is 16.2. The molecule has 1 atom stereocenters. The molecule has 1 fully saturated rings. The molecule has 0 spiro atoms. The van der Waals surface area contributed by atoms with Gasteiger partial charge in [0, 0.05) is 37.2 Å². The minimum atomic E-state index is -0.0658. The van der Waals surface area contributed by atoms with Gasteiger partial charge in [-0.05, 0) is 51.8 Å². The van der Waals surface area contributed by atoms with E-state index in [1.165, 1.54) is 12.5 Å². The Hall–Kier alpha value is -2.54. The summed E-state index contributed by atoms with van der Waals surface area (Å²) < 4.78 is 1.62. The van der Waals surface area contributed by atoms with Crippen LogP contribution in [0.2, 0.25) is 0 Å². The van der Waals surface area contributed by atoms with Crippen molar-refractivity contribution in [3.63, 3.8) is 0 Å². The van der Waals surface area contributed by atoms with Gasteiger partial charge in [0.25, 0.3) is 0 Å². The minimum Gasteiger partial charge on any atom is -0.350 e. The number of carbonyl (C=O) groups excluding carboxylic acids is 2. The lowest BCUT2D eigenvalue weighted by atomic mass is 10.0. The van der Waals surface area contributed by atoms with Gasteiger partial charge in [-0.1, -0.05) is 6.07 Å². The van der Waals surface area contributed by atoms with Gasteiger partial charge in [0.2, 0.25) is 5.91 Å². The van der Waals surface area contributed by atoms with Gasteiger partial charge in [-0.3, -0.25) is 24.2 Å². The number of ketones is 1. The summed E-state index contributed by atoms with van der Waals surface area (Å²) in [6.07, 6.45) is 5.70. The summed E-state index contributed by atoms with van der Waals surface area (Å²) in [6.45, 7) is 8.01. The number of rotatable bonds is 6. The first-order chi connectivity index (χ1) is 12.9. The molecule has 0 saturated carbocycles. The number of piperidine rings is 1. The Bertz CT molecular complexity index is 815. The lowest BCUT2D eigenvalue weighted by Crippen LogP contribution is -2.48. The Kier molecular flexibility index (Phi) is 6.01. The number of carbonyl (C=O) groups is 2. The largest absolute Gasteiger partial charge is 0.350 e. The highest BCUT2D eigenvalue weighted by Gasteiger charge is 2.23. The van der Waals surface area contributed by atoms with Gasteiger partial charge < -0.3 is 5.32 Å². The van der Waals surface area contributed by atoms with Gasteiger partial charge in [0.1, 0.15) is 6.54 Å². The van der Waals surface area contributed by atoms with Gasteiger partial charge in [-0.15, -0.1) is 0 Å². The summed E-state index contributed by atoms with van der Waals surface area (Å²) in [4.78, 5) is 30.7. The predicted octanol–water partition coefficient (Wildman–Crippen LogP) is 1.88. The summed E-state index contributed by atoms with van der Waals surface area (Å²) in [5, 5.41) is 7.48. The topological polar surface area (TPSA) is 80.1 Å². The van der Waals surface area contributed by atoms with Crippen LogP contribution in [0.15, 0.2) is 24.5 Å². The molecule has 1 aliphatic heterocycles. The number of Topliss-reactive ketones (excluding diaryl/α,β-unsaturated/α-hetero) is 1. The second kappa shape index (κ2) is 8.43. The average Bonchev–Trinajstić information content (AvgIpc) is 2.89. The minimum absolute atomic E-state index is 0.0185. The van der Waals surface area contributed by atoms with Crippen LogP contribution in [0.5, 0.6) is 0 Å². The van der Waals surface area contributed by atoms with Crippen LogP contribution in [0.4, 0.5) is 0 Å². The van der Waals surface area contributed by atoms with Gasteiger partial charge in [-0.2, -0.15) is 5.10 Å². The maximum atomic E-state index is 12.5. The zero-order valence-electron chi connectivity index (χ0n) is 16.2. The number of pyridine rings is 1. The average molecular weight is 369 g/mol. The lowest BCUT2D eigenvalue weighted by Gasteiger charge is -2.33. The summed E-state index contributed by atoms with van der Waals surface area (Å²) >= 11 is 0. The van der Waals surface area contributed by atoms with Crippen LogP contribution in [0, 0.1) is 13.8 Å². The fraction of sp³-hybridized carbons (Fsp3) is 0.500. The third kappa shape index (κ3) is 4.80. The Balaban J connectivity index is 1.56. The lowest BCUT2D eigenvalue weighted by molar-refractivity contribution is -0.123. The fourth-order valence-corrected chi connectivity index (χ4v) is 3.84. The van der Waals surface area contributed by atoms with Crippen molar-refractivity contribution in [1.29, 1.82) is 0 Å². The Morgan fingerprint density at radius 1 is 1.33 bits per heavy atom. The smallest absolute Gasteiger partial charge is 0.242 e. The Morgan fingerprint density at radius 3 is 2.81 bits per heavy atom. The number of hydrogen-bond donors (Lipinski definition) is 1. The fourth-order valence-electron chi connectivity index (χ4n) is 3.84.